The summed E-state index contributed by atoms with van der Waals surface area (Å²) in [5, 5.41) is 14.6. The number of hydrogen-bond acceptors (Lipinski definition) is 4. The van der Waals surface area contributed by atoms with Crippen LogP contribution in [0.3, 0.4) is 0 Å². The lowest BCUT2D eigenvalue weighted by Crippen LogP contribution is -2.35. The monoisotopic (exact) mass is 557 g/mol. The summed E-state index contributed by atoms with van der Waals surface area (Å²) < 4.78 is 0. The van der Waals surface area contributed by atoms with Crippen molar-refractivity contribution in [2.24, 2.45) is 0 Å². The molecule has 0 aliphatic rings. The van der Waals surface area contributed by atoms with Gasteiger partial charge in [-0.15, -0.1) is 0 Å². The van der Waals surface area contributed by atoms with Crippen LogP contribution in [0.4, 0.5) is 0 Å². The summed E-state index contributed by atoms with van der Waals surface area (Å²) in [7, 11) is 0. The molecule has 0 aliphatic carbocycles. The molecule has 42 heavy (non-hydrogen) atoms. The smallest absolute Gasteiger partial charge is 0.305 e. The highest BCUT2D eigenvalue weighted by molar-refractivity contribution is 6.06. The number of aliphatic carboxylic acids is 1. The Kier molecular flexibility index (Phi) is 8.99. The molecule has 210 valence electrons. The maximum Gasteiger partial charge on any atom is 0.305 e. The molecule has 0 bridgehead atoms. The van der Waals surface area contributed by atoms with Gasteiger partial charge < -0.3 is 15.3 Å². The van der Waals surface area contributed by atoms with Crippen molar-refractivity contribution < 1.29 is 19.5 Å². The van der Waals surface area contributed by atoms with Crippen molar-refractivity contribution in [3.63, 3.8) is 0 Å². The third kappa shape index (κ3) is 6.70. The number of amides is 2. The maximum atomic E-state index is 13.9. The van der Waals surface area contributed by atoms with Crippen LogP contribution in [0, 0.1) is 0 Å². The van der Waals surface area contributed by atoms with E-state index in [0.29, 0.717) is 41.8 Å². The van der Waals surface area contributed by atoms with Gasteiger partial charge in [0, 0.05) is 43.2 Å². The summed E-state index contributed by atoms with van der Waals surface area (Å²) in [6.07, 6.45) is 3.77. The lowest BCUT2D eigenvalue weighted by Gasteiger charge is -2.24. The van der Waals surface area contributed by atoms with Crippen molar-refractivity contribution in [2.45, 2.75) is 19.4 Å². The Morgan fingerprint density at radius 1 is 0.714 bits per heavy atom. The highest BCUT2D eigenvalue weighted by Crippen LogP contribution is 2.29. The highest BCUT2D eigenvalue weighted by atomic mass is 16.4. The van der Waals surface area contributed by atoms with E-state index in [1.165, 1.54) is 0 Å². The summed E-state index contributed by atoms with van der Waals surface area (Å²) in [5.41, 5.74) is 4.11. The van der Waals surface area contributed by atoms with E-state index >= 15 is 0 Å². The minimum atomic E-state index is -0.974. The fourth-order valence-electron chi connectivity index (χ4n) is 5.07. The molecule has 2 N–H and O–H groups in total. The minimum absolute atomic E-state index is 0.0702. The molecule has 0 saturated carbocycles. The number of carbonyl (C=O) groups excluding carboxylic acids is 2. The van der Waals surface area contributed by atoms with Gasteiger partial charge in [0.2, 0.25) is 0 Å². The van der Waals surface area contributed by atoms with Crippen LogP contribution in [0.1, 0.15) is 38.3 Å². The summed E-state index contributed by atoms with van der Waals surface area (Å²) in [6, 6.07) is 32.2. The molecule has 7 nitrogen and oxygen atoms in total. The molecule has 1 heterocycles. The molecule has 0 aliphatic heterocycles. The summed E-state index contributed by atoms with van der Waals surface area (Å²) in [5.74, 6) is -1.51. The number of rotatable bonds is 11. The van der Waals surface area contributed by atoms with Crippen molar-refractivity contribution in [3.05, 3.63) is 138 Å². The second-order valence-corrected chi connectivity index (χ2v) is 9.95. The second-order valence-electron chi connectivity index (χ2n) is 9.95. The largest absolute Gasteiger partial charge is 0.481 e. The van der Waals surface area contributed by atoms with Crippen LogP contribution >= 0.6 is 0 Å². The first-order valence-electron chi connectivity index (χ1n) is 13.8. The molecule has 5 aromatic rings. The average molecular weight is 558 g/mol. The standard InChI is InChI=1S/C35H31N3O4/c39-33(40)19-23-38(22-18-25-16-20-36-21-17-25)35(42)32-15-6-4-13-30(32)29-12-3-5-14-31(29)34(41)37-24-27-10-7-9-26-8-1-2-11-28(26)27/h1-17,20-21H,18-19,22-24H2,(H,37,41)(H,39,40). The van der Waals surface area contributed by atoms with E-state index in [2.05, 4.69) is 10.3 Å². The lowest BCUT2D eigenvalue weighted by molar-refractivity contribution is -0.137. The van der Waals surface area contributed by atoms with Crippen molar-refractivity contribution in [1.29, 1.82) is 0 Å². The number of aromatic nitrogens is 1. The number of carboxylic acid groups (broad SMARTS) is 1. The molecule has 0 radical (unpaired) electrons. The third-order valence-electron chi connectivity index (χ3n) is 7.24. The lowest BCUT2D eigenvalue weighted by atomic mass is 9.94. The number of fused-ring (bicyclic) bond motifs is 1. The molecule has 0 unspecified atom stereocenters. The molecule has 7 heteroatoms. The third-order valence-corrected chi connectivity index (χ3v) is 7.24. The van der Waals surface area contributed by atoms with Gasteiger partial charge >= 0.3 is 5.97 Å². The van der Waals surface area contributed by atoms with E-state index in [0.717, 1.165) is 21.9 Å². The topological polar surface area (TPSA) is 99.6 Å². The van der Waals surface area contributed by atoms with E-state index in [4.69, 9.17) is 0 Å². The first kappa shape index (κ1) is 28.2. The molecule has 0 atom stereocenters. The molecular formula is C35H31N3O4. The molecule has 0 spiro atoms. The van der Waals surface area contributed by atoms with Gasteiger partial charge in [-0.2, -0.15) is 0 Å². The van der Waals surface area contributed by atoms with Crippen LogP contribution in [-0.4, -0.2) is 45.9 Å². The molecule has 5 rings (SSSR count). The van der Waals surface area contributed by atoms with Gasteiger partial charge in [0.05, 0.1) is 6.42 Å². The number of pyridine rings is 1. The second kappa shape index (κ2) is 13.4. The number of carbonyl (C=O) groups is 3. The van der Waals surface area contributed by atoms with E-state index < -0.39 is 5.97 Å². The van der Waals surface area contributed by atoms with Gasteiger partial charge in [-0.05, 0) is 63.7 Å². The predicted molar refractivity (Wildman–Crippen MR) is 163 cm³/mol. The van der Waals surface area contributed by atoms with E-state index in [1.807, 2.05) is 78.9 Å². The highest BCUT2D eigenvalue weighted by Gasteiger charge is 2.22. The molecule has 4 aromatic carbocycles. The quantitative estimate of drug-likeness (QED) is 0.208. The van der Waals surface area contributed by atoms with Crippen LogP contribution in [0.25, 0.3) is 21.9 Å². The van der Waals surface area contributed by atoms with Crippen LogP contribution in [-0.2, 0) is 17.8 Å². The summed E-state index contributed by atoms with van der Waals surface area (Å²) >= 11 is 0. The van der Waals surface area contributed by atoms with Gasteiger partial charge in [-0.1, -0.05) is 78.9 Å². The Labute approximate surface area is 244 Å². The van der Waals surface area contributed by atoms with Crippen molar-refractivity contribution in [3.8, 4) is 11.1 Å². The molecule has 0 fully saturated rings. The Morgan fingerprint density at radius 3 is 2.12 bits per heavy atom. The molecule has 0 saturated heterocycles. The minimum Gasteiger partial charge on any atom is -0.481 e. The van der Waals surface area contributed by atoms with Crippen LogP contribution in [0.2, 0.25) is 0 Å². The fraction of sp³-hybridized carbons (Fsp3) is 0.143. The number of benzene rings is 4. The first-order chi connectivity index (χ1) is 20.5. The number of nitrogens with one attached hydrogen (secondary N) is 1. The van der Waals surface area contributed by atoms with E-state index in [1.54, 1.807) is 41.6 Å². The van der Waals surface area contributed by atoms with Gasteiger partial charge in [0.25, 0.3) is 11.8 Å². The van der Waals surface area contributed by atoms with Crippen molar-refractivity contribution >= 4 is 28.6 Å². The van der Waals surface area contributed by atoms with Gasteiger partial charge in [0.15, 0.2) is 0 Å². The zero-order valence-corrected chi connectivity index (χ0v) is 23.1. The molecular weight excluding hydrogens is 526 g/mol. The summed E-state index contributed by atoms with van der Waals surface area (Å²) in [4.78, 5) is 44.4. The Bertz CT molecular complexity index is 1710. The van der Waals surface area contributed by atoms with E-state index in [9.17, 15) is 19.5 Å². The molecule has 1 aromatic heterocycles. The van der Waals surface area contributed by atoms with Crippen LogP contribution < -0.4 is 5.32 Å². The zero-order chi connectivity index (χ0) is 29.3. The Balaban J connectivity index is 1.41. The van der Waals surface area contributed by atoms with Gasteiger partial charge in [-0.3, -0.25) is 19.4 Å². The predicted octanol–water partition coefficient (Wildman–Crippen LogP) is 5.99. The van der Waals surface area contributed by atoms with Crippen molar-refractivity contribution in [1.82, 2.24) is 15.2 Å². The SMILES string of the molecule is O=C(O)CCN(CCc1ccncc1)C(=O)c1ccccc1-c1ccccc1C(=O)NCc1cccc2ccccc12. The van der Waals surface area contributed by atoms with E-state index in [-0.39, 0.29) is 24.8 Å². The number of carboxylic acids is 1. The van der Waals surface area contributed by atoms with Crippen LogP contribution in [0.5, 0.6) is 0 Å². The Hall–Kier alpha value is -5.30. The average Bonchev–Trinajstić information content (AvgIpc) is 3.03. The van der Waals surface area contributed by atoms with Crippen LogP contribution in [0.15, 0.2) is 116 Å². The van der Waals surface area contributed by atoms with Gasteiger partial charge in [-0.25, -0.2) is 0 Å². The normalized spacial score (nSPS) is 10.8. The maximum absolute atomic E-state index is 13.9. The van der Waals surface area contributed by atoms with Crippen molar-refractivity contribution in [2.75, 3.05) is 13.1 Å². The Morgan fingerprint density at radius 2 is 1.36 bits per heavy atom. The number of nitrogens with zero attached hydrogens (tertiary/aromatic N) is 2. The fourth-order valence-corrected chi connectivity index (χ4v) is 5.07. The molecule has 2 amide bonds. The zero-order valence-electron chi connectivity index (χ0n) is 23.1. The number of hydrogen-bond donors (Lipinski definition) is 2. The first-order valence-corrected chi connectivity index (χ1v) is 13.8. The summed E-state index contributed by atoms with van der Waals surface area (Å²) in [6.45, 7) is 0.769. The van der Waals surface area contributed by atoms with Gasteiger partial charge in [0.1, 0.15) is 0 Å².